The molecule has 2 rings (SSSR count). The van der Waals surface area contributed by atoms with E-state index in [1.165, 1.54) is 17.4 Å². The maximum atomic E-state index is 12.7. The van der Waals surface area contributed by atoms with E-state index in [2.05, 4.69) is 5.32 Å². The monoisotopic (exact) mass is 347 g/mol. The summed E-state index contributed by atoms with van der Waals surface area (Å²) in [7, 11) is -2.19. The third-order valence-electron chi connectivity index (χ3n) is 3.39. The number of carbonyl (C=O) groups is 1. The molecule has 0 aromatic carbocycles. The second-order valence-corrected chi connectivity index (χ2v) is 8.37. The Morgan fingerprint density at radius 1 is 1.48 bits per heavy atom. The van der Waals surface area contributed by atoms with Crippen LogP contribution in [0.5, 0.6) is 0 Å². The fourth-order valence-corrected chi connectivity index (χ4v) is 5.47. The van der Waals surface area contributed by atoms with Crippen LogP contribution in [0.3, 0.4) is 0 Å². The highest BCUT2D eigenvalue weighted by Gasteiger charge is 2.37. The van der Waals surface area contributed by atoms with Gasteiger partial charge in [0.25, 0.3) is 10.0 Å². The van der Waals surface area contributed by atoms with E-state index < -0.39 is 16.1 Å². The first-order chi connectivity index (χ1) is 9.87. The number of amides is 1. The lowest BCUT2D eigenvalue weighted by Gasteiger charge is -2.32. The molecule has 1 aromatic heterocycles. The zero-order valence-corrected chi connectivity index (χ0v) is 14.0. The van der Waals surface area contributed by atoms with Gasteiger partial charge in [0.05, 0.1) is 4.88 Å². The van der Waals surface area contributed by atoms with Crippen molar-refractivity contribution in [3.63, 3.8) is 0 Å². The minimum absolute atomic E-state index is 0.168. The van der Waals surface area contributed by atoms with Gasteiger partial charge in [0, 0.05) is 13.6 Å². The molecule has 21 heavy (non-hydrogen) atoms. The Morgan fingerprint density at radius 3 is 2.76 bits per heavy atom. The fraction of sp³-hybridized carbons (Fsp3) is 0.500. The predicted octanol–water partition coefficient (Wildman–Crippen LogP) is 0.671. The number of thiophene rings is 1. The van der Waals surface area contributed by atoms with Gasteiger partial charge in [-0.1, -0.05) is 18.6 Å². The lowest BCUT2D eigenvalue weighted by atomic mass is 10.0. The third-order valence-corrected chi connectivity index (χ3v) is 7.23. The summed E-state index contributed by atoms with van der Waals surface area (Å²) in [6, 6.07) is 2.44. The van der Waals surface area contributed by atoms with Gasteiger partial charge in [-0.2, -0.15) is 4.31 Å². The Labute approximate surface area is 133 Å². The molecule has 9 heteroatoms. The normalized spacial score (nSPS) is 20.1. The quantitative estimate of drug-likeness (QED) is 0.781. The Balaban J connectivity index is 2.35. The molecule has 0 spiro atoms. The van der Waals surface area contributed by atoms with Crippen molar-refractivity contribution in [1.82, 2.24) is 9.62 Å². The van der Waals surface area contributed by atoms with E-state index in [1.807, 2.05) is 0 Å². The van der Waals surface area contributed by atoms with E-state index in [4.69, 9.17) is 18.0 Å². The summed E-state index contributed by atoms with van der Waals surface area (Å²) in [5, 5.41) is 2.53. The molecule has 116 valence electrons. The van der Waals surface area contributed by atoms with Gasteiger partial charge in [0.1, 0.15) is 15.2 Å². The number of sulfonamides is 1. The van der Waals surface area contributed by atoms with Crippen LogP contribution in [-0.4, -0.2) is 43.3 Å². The minimum Gasteiger partial charge on any atom is -0.389 e. The maximum Gasteiger partial charge on any atom is 0.253 e. The van der Waals surface area contributed by atoms with Crippen molar-refractivity contribution in [2.24, 2.45) is 5.73 Å². The topological polar surface area (TPSA) is 92.5 Å². The number of thiocarbonyl (C=S) groups is 1. The van der Waals surface area contributed by atoms with Crippen LogP contribution in [0.25, 0.3) is 0 Å². The van der Waals surface area contributed by atoms with Crippen molar-refractivity contribution in [1.29, 1.82) is 0 Å². The summed E-state index contributed by atoms with van der Waals surface area (Å²) in [6.45, 7) is 0.348. The molecular formula is C12H17N3O3S3. The van der Waals surface area contributed by atoms with Crippen LogP contribution in [0.4, 0.5) is 0 Å². The Hall–Kier alpha value is -1.03. The van der Waals surface area contributed by atoms with E-state index in [1.54, 1.807) is 6.07 Å². The largest absolute Gasteiger partial charge is 0.389 e. The Morgan fingerprint density at radius 2 is 2.19 bits per heavy atom. The molecule has 3 N–H and O–H groups in total. The molecule has 1 atom stereocenters. The number of rotatable bonds is 4. The van der Waals surface area contributed by atoms with Gasteiger partial charge < -0.3 is 11.1 Å². The molecule has 6 nitrogen and oxygen atoms in total. The molecule has 1 aliphatic rings. The number of carbonyl (C=O) groups excluding carboxylic acids is 1. The Bertz CT molecular complexity index is 654. The number of hydrogen-bond acceptors (Lipinski definition) is 5. The zero-order valence-electron chi connectivity index (χ0n) is 11.5. The highest BCUT2D eigenvalue weighted by Crippen LogP contribution is 2.29. The molecule has 0 saturated carbocycles. The summed E-state index contributed by atoms with van der Waals surface area (Å²) in [4.78, 5) is 12.6. The van der Waals surface area contributed by atoms with Crippen molar-refractivity contribution in [3.8, 4) is 0 Å². The molecule has 1 unspecified atom stereocenters. The van der Waals surface area contributed by atoms with Gasteiger partial charge in [-0.05, 0) is 25.0 Å². The van der Waals surface area contributed by atoms with Gasteiger partial charge in [0.2, 0.25) is 5.91 Å². The van der Waals surface area contributed by atoms with Crippen LogP contribution in [0.15, 0.2) is 16.3 Å². The first kappa shape index (κ1) is 16.3. The lowest BCUT2D eigenvalue weighted by Crippen LogP contribution is -2.50. The predicted molar refractivity (Wildman–Crippen MR) is 85.8 cm³/mol. The number of piperidine rings is 1. The van der Waals surface area contributed by atoms with Crippen LogP contribution >= 0.6 is 23.6 Å². The van der Waals surface area contributed by atoms with Gasteiger partial charge in [-0.3, -0.25) is 4.79 Å². The molecule has 0 aliphatic carbocycles. The van der Waals surface area contributed by atoms with Gasteiger partial charge in [0.15, 0.2) is 0 Å². The van der Waals surface area contributed by atoms with Crippen molar-refractivity contribution in [2.75, 3.05) is 13.6 Å². The standard InChI is InChI=1S/C12H17N3O3S3/c1-14-12(16)8-4-2-3-7-15(8)21(17,18)10-6-5-9(20-10)11(13)19/h5-6,8H,2-4,7H2,1H3,(H2,13,19)(H,14,16). The highest BCUT2D eigenvalue weighted by atomic mass is 32.2. The summed E-state index contributed by atoms with van der Waals surface area (Å²) in [5.74, 6) is -0.274. The first-order valence-corrected chi connectivity index (χ1v) is 9.17. The number of nitrogens with one attached hydrogen (secondary N) is 1. The highest BCUT2D eigenvalue weighted by molar-refractivity contribution is 7.91. The van der Waals surface area contributed by atoms with Crippen LogP contribution < -0.4 is 11.1 Å². The summed E-state index contributed by atoms with van der Waals surface area (Å²) >= 11 is 5.89. The minimum atomic E-state index is -3.70. The lowest BCUT2D eigenvalue weighted by molar-refractivity contribution is -0.125. The molecule has 1 saturated heterocycles. The smallest absolute Gasteiger partial charge is 0.253 e. The van der Waals surface area contributed by atoms with Crippen LogP contribution in [0.1, 0.15) is 24.1 Å². The van der Waals surface area contributed by atoms with Crippen LogP contribution in [-0.2, 0) is 14.8 Å². The van der Waals surface area contributed by atoms with Gasteiger partial charge in [-0.15, -0.1) is 11.3 Å². The van der Waals surface area contributed by atoms with Gasteiger partial charge in [-0.25, -0.2) is 8.42 Å². The van der Waals surface area contributed by atoms with Crippen LogP contribution in [0, 0.1) is 0 Å². The molecule has 1 aliphatic heterocycles. The molecule has 0 bridgehead atoms. The third kappa shape index (κ3) is 3.25. The van der Waals surface area contributed by atoms with Crippen molar-refractivity contribution < 1.29 is 13.2 Å². The van der Waals surface area contributed by atoms with Crippen LogP contribution in [0.2, 0.25) is 0 Å². The average molecular weight is 347 g/mol. The number of nitrogens with zero attached hydrogens (tertiary/aromatic N) is 1. The number of hydrogen-bond donors (Lipinski definition) is 2. The van der Waals surface area contributed by atoms with Crippen molar-refractivity contribution in [2.45, 2.75) is 29.5 Å². The molecule has 1 fully saturated rings. The number of nitrogens with two attached hydrogens (primary N) is 1. The molecule has 0 radical (unpaired) electrons. The average Bonchev–Trinajstić information content (AvgIpc) is 2.97. The van der Waals surface area contributed by atoms with Crippen molar-refractivity contribution in [3.05, 3.63) is 17.0 Å². The molecule has 2 heterocycles. The summed E-state index contributed by atoms with van der Waals surface area (Å²) in [5.41, 5.74) is 5.52. The fourth-order valence-electron chi connectivity index (χ4n) is 2.33. The maximum absolute atomic E-state index is 12.7. The summed E-state index contributed by atoms with van der Waals surface area (Å²) < 4.78 is 26.9. The second-order valence-electron chi connectivity index (χ2n) is 4.72. The summed E-state index contributed by atoms with van der Waals surface area (Å²) in [6.07, 6.45) is 2.12. The van der Waals surface area contributed by atoms with E-state index in [9.17, 15) is 13.2 Å². The second kappa shape index (κ2) is 6.39. The molecule has 1 amide bonds. The molecule has 1 aromatic rings. The number of likely N-dealkylation sites (N-methyl/N-ethyl adjacent to an activating group) is 1. The van der Waals surface area contributed by atoms with Crippen molar-refractivity contribution >= 4 is 44.5 Å². The van der Waals surface area contributed by atoms with E-state index in [-0.39, 0.29) is 15.1 Å². The molecular weight excluding hydrogens is 330 g/mol. The van der Waals surface area contributed by atoms with E-state index >= 15 is 0 Å². The zero-order chi connectivity index (χ0) is 15.6. The van der Waals surface area contributed by atoms with E-state index in [0.29, 0.717) is 17.8 Å². The van der Waals surface area contributed by atoms with Gasteiger partial charge >= 0.3 is 0 Å². The Kier molecular flexibility index (Phi) is 4.97. The SMILES string of the molecule is CNC(=O)C1CCCCN1S(=O)(=O)c1ccc(C(N)=S)s1. The van der Waals surface area contributed by atoms with E-state index in [0.717, 1.165) is 24.2 Å². The first-order valence-electron chi connectivity index (χ1n) is 6.51.